The van der Waals surface area contributed by atoms with E-state index in [9.17, 15) is 14.9 Å². The highest BCUT2D eigenvalue weighted by Gasteiger charge is 2.16. The number of carbonyl (C=O) groups excluding carboxylic acids is 1. The quantitative estimate of drug-likeness (QED) is 0.448. The number of benzene rings is 2. The Kier molecular flexibility index (Phi) is 4.66. The standard InChI is InChI=1S/C16H12BrNO6/c17-13-8-15-14(22-5-6-23-15)7-11(13)9-24-16(19)10-1-3-12(4-2-10)18(20)21/h1-4,7-8H,5-6,9H2. The molecular weight excluding hydrogens is 382 g/mol. The van der Waals surface area contributed by atoms with Gasteiger partial charge in [0.1, 0.15) is 19.8 Å². The van der Waals surface area contributed by atoms with Crippen LogP contribution >= 0.6 is 15.9 Å². The highest BCUT2D eigenvalue weighted by Crippen LogP contribution is 2.35. The molecule has 0 amide bonds. The Hall–Kier alpha value is -2.61. The topological polar surface area (TPSA) is 87.9 Å². The number of hydrogen-bond acceptors (Lipinski definition) is 6. The minimum atomic E-state index is -0.563. The lowest BCUT2D eigenvalue weighted by molar-refractivity contribution is -0.384. The van der Waals surface area contributed by atoms with Crippen molar-refractivity contribution in [1.29, 1.82) is 0 Å². The van der Waals surface area contributed by atoms with Crippen LogP contribution in [0.4, 0.5) is 5.69 Å². The summed E-state index contributed by atoms with van der Waals surface area (Å²) in [5, 5.41) is 10.6. The lowest BCUT2D eigenvalue weighted by Crippen LogP contribution is -2.15. The molecule has 0 aromatic heterocycles. The van der Waals surface area contributed by atoms with Crippen LogP contribution in [0.15, 0.2) is 40.9 Å². The third kappa shape index (κ3) is 3.48. The summed E-state index contributed by atoms with van der Waals surface area (Å²) >= 11 is 3.41. The zero-order valence-corrected chi connectivity index (χ0v) is 13.9. The van der Waals surface area contributed by atoms with Gasteiger partial charge in [-0.2, -0.15) is 0 Å². The Bertz CT molecular complexity index is 790. The number of hydrogen-bond donors (Lipinski definition) is 0. The van der Waals surface area contributed by atoms with Crippen LogP contribution in [0.5, 0.6) is 11.5 Å². The maximum atomic E-state index is 12.0. The van der Waals surface area contributed by atoms with E-state index in [0.717, 1.165) is 10.0 Å². The van der Waals surface area contributed by atoms with Gasteiger partial charge in [-0.15, -0.1) is 0 Å². The van der Waals surface area contributed by atoms with E-state index in [4.69, 9.17) is 14.2 Å². The van der Waals surface area contributed by atoms with E-state index in [-0.39, 0.29) is 17.9 Å². The zero-order valence-electron chi connectivity index (χ0n) is 12.4. The Morgan fingerprint density at radius 2 is 1.79 bits per heavy atom. The molecule has 0 saturated carbocycles. The smallest absolute Gasteiger partial charge is 0.338 e. The molecule has 0 radical (unpaired) electrons. The lowest BCUT2D eigenvalue weighted by Gasteiger charge is -2.19. The Morgan fingerprint density at radius 1 is 1.17 bits per heavy atom. The van der Waals surface area contributed by atoms with Crippen molar-refractivity contribution >= 4 is 27.6 Å². The molecule has 0 atom stereocenters. The van der Waals surface area contributed by atoms with E-state index < -0.39 is 10.9 Å². The first-order valence-corrected chi connectivity index (χ1v) is 7.83. The summed E-state index contributed by atoms with van der Waals surface area (Å²) in [6.45, 7) is 0.998. The van der Waals surface area contributed by atoms with Gasteiger partial charge < -0.3 is 14.2 Å². The van der Waals surface area contributed by atoms with E-state index in [1.165, 1.54) is 24.3 Å². The summed E-state index contributed by atoms with van der Waals surface area (Å²) in [7, 11) is 0. The highest BCUT2D eigenvalue weighted by molar-refractivity contribution is 9.10. The van der Waals surface area contributed by atoms with Crippen molar-refractivity contribution < 1.29 is 23.9 Å². The number of nitro benzene ring substituents is 1. The van der Waals surface area contributed by atoms with Crippen molar-refractivity contribution in [2.45, 2.75) is 6.61 Å². The molecule has 124 valence electrons. The number of non-ortho nitro benzene ring substituents is 1. The van der Waals surface area contributed by atoms with Gasteiger partial charge in [-0.3, -0.25) is 10.1 Å². The van der Waals surface area contributed by atoms with Crippen molar-refractivity contribution in [3.05, 3.63) is 62.1 Å². The number of halogens is 1. The molecule has 0 saturated heterocycles. The van der Waals surface area contributed by atoms with Crippen molar-refractivity contribution in [3.8, 4) is 11.5 Å². The fraction of sp³-hybridized carbons (Fsp3) is 0.188. The fourth-order valence-electron chi connectivity index (χ4n) is 2.16. The van der Waals surface area contributed by atoms with Gasteiger partial charge in [0.25, 0.3) is 5.69 Å². The first-order chi connectivity index (χ1) is 11.5. The van der Waals surface area contributed by atoms with Crippen molar-refractivity contribution in [3.63, 3.8) is 0 Å². The second-order valence-electron chi connectivity index (χ2n) is 4.97. The molecule has 0 spiro atoms. The van der Waals surface area contributed by atoms with Crippen molar-refractivity contribution in [1.82, 2.24) is 0 Å². The molecular formula is C16H12BrNO6. The third-order valence-electron chi connectivity index (χ3n) is 3.38. The molecule has 0 fully saturated rings. The van der Waals surface area contributed by atoms with E-state index >= 15 is 0 Å². The van der Waals surface area contributed by atoms with E-state index in [2.05, 4.69) is 15.9 Å². The number of nitro groups is 1. The summed E-state index contributed by atoms with van der Waals surface area (Å²) in [4.78, 5) is 22.1. The third-order valence-corrected chi connectivity index (χ3v) is 4.12. The molecule has 2 aromatic carbocycles. The number of nitrogens with zero attached hydrogens (tertiary/aromatic N) is 1. The Morgan fingerprint density at radius 3 is 2.42 bits per heavy atom. The van der Waals surface area contributed by atoms with Gasteiger partial charge in [-0.25, -0.2) is 4.79 Å². The van der Waals surface area contributed by atoms with E-state index in [0.29, 0.717) is 24.7 Å². The average Bonchev–Trinajstić information content (AvgIpc) is 2.59. The number of rotatable bonds is 4. The monoisotopic (exact) mass is 393 g/mol. The van der Waals surface area contributed by atoms with Crippen LogP contribution in [0.1, 0.15) is 15.9 Å². The number of carbonyl (C=O) groups is 1. The molecule has 3 rings (SSSR count). The lowest BCUT2D eigenvalue weighted by atomic mass is 10.2. The summed E-state index contributed by atoms with van der Waals surface area (Å²) in [5.41, 5.74) is 0.893. The van der Waals surface area contributed by atoms with Gasteiger partial charge in [0.15, 0.2) is 11.5 Å². The number of fused-ring (bicyclic) bond motifs is 1. The molecule has 0 aliphatic carbocycles. The first kappa shape index (κ1) is 16.3. The van der Waals surface area contributed by atoms with Crippen LogP contribution in [-0.2, 0) is 11.3 Å². The second-order valence-corrected chi connectivity index (χ2v) is 5.82. The summed E-state index contributed by atoms with van der Waals surface area (Å²) in [6.07, 6.45) is 0. The second kappa shape index (κ2) is 6.88. The summed E-state index contributed by atoms with van der Waals surface area (Å²) in [6, 6.07) is 8.76. The largest absolute Gasteiger partial charge is 0.486 e. The van der Waals surface area contributed by atoms with Gasteiger partial charge in [0, 0.05) is 22.2 Å². The Labute approximate surface area is 145 Å². The highest BCUT2D eigenvalue weighted by atomic mass is 79.9. The number of ether oxygens (including phenoxy) is 3. The maximum absolute atomic E-state index is 12.0. The van der Waals surface area contributed by atoms with Crippen LogP contribution in [0.25, 0.3) is 0 Å². The molecule has 7 nitrogen and oxygen atoms in total. The molecule has 0 unspecified atom stereocenters. The molecule has 24 heavy (non-hydrogen) atoms. The predicted octanol–water partition coefficient (Wildman–Crippen LogP) is 3.49. The van der Waals surface area contributed by atoms with Crippen LogP contribution in [0, 0.1) is 10.1 Å². The van der Waals surface area contributed by atoms with Gasteiger partial charge >= 0.3 is 5.97 Å². The molecule has 2 aromatic rings. The van der Waals surface area contributed by atoms with Gasteiger partial charge in [-0.1, -0.05) is 15.9 Å². The first-order valence-electron chi connectivity index (χ1n) is 7.04. The Balaban J connectivity index is 1.69. The van der Waals surface area contributed by atoms with Gasteiger partial charge in [0.2, 0.25) is 0 Å². The number of esters is 1. The van der Waals surface area contributed by atoms with Crippen LogP contribution in [0.3, 0.4) is 0 Å². The van der Waals surface area contributed by atoms with Gasteiger partial charge in [-0.05, 0) is 24.3 Å². The van der Waals surface area contributed by atoms with Gasteiger partial charge in [0.05, 0.1) is 10.5 Å². The van der Waals surface area contributed by atoms with Crippen LogP contribution < -0.4 is 9.47 Å². The molecule has 0 bridgehead atoms. The molecule has 1 aliphatic rings. The van der Waals surface area contributed by atoms with Crippen LogP contribution in [0.2, 0.25) is 0 Å². The summed E-state index contributed by atoms with van der Waals surface area (Å²) < 4.78 is 17.0. The maximum Gasteiger partial charge on any atom is 0.338 e. The molecule has 8 heteroatoms. The van der Waals surface area contributed by atoms with E-state index in [1.54, 1.807) is 12.1 Å². The van der Waals surface area contributed by atoms with E-state index in [1.807, 2.05) is 0 Å². The normalized spacial score (nSPS) is 12.5. The SMILES string of the molecule is O=C(OCc1cc2c(cc1Br)OCCO2)c1ccc([N+](=O)[O-])cc1. The molecule has 0 N–H and O–H groups in total. The molecule has 1 aliphatic heterocycles. The minimum absolute atomic E-state index is 0.0348. The van der Waals surface area contributed by atoms with Crippen molar-refractivity contribution in [2.24, 2.45) is 0 Å². The summed E-state index contributed by atoms with van der Waals surface area (Å²) in [5.74, 6) is 0.677. The van der Waals surface area contributed by atoms with Crippen LogP contribution in [-0.4, -0.2) is 24.1 Å². The molecule has 1 heterocycles. The fourth-order valence-corrected chi connectivity index (χ4v) is 2.60. The minimum Gasteiger partial charge on any atom is -0.486 e. The average molecular weight is 394 g/mol. The van der Waals surface area contributed by atoms with Crippen molar-refractivity contribution in [2.75, 3.05) is 13.2 Å². The zero-order chi connectivity index (χ0) is 17.1. The predicted molar refractivity (Wildman–Crippen MR) is 87.3 cm³/mol.